The number of rotatable bonds is 2. The lowest BCUT2D eigenvalue weighted by Gasteiger charge is -2.20. The third-order valence-electron chi connectivity index (χ3n) is 2.75. The normalized spacial score (nSPS) is 18.6. The van der Waals surface area contributed by atoms with E-state index in [0.717, 1.165) is 0 Å². The fourth-order valence-electron chi connectivity index (χ4n) is 1.72. The quantitative estimate of drug-likeness (QED) is 0.816. The van der Waals surface area contributed by atoms with Gasteiger partial charge in [0, 0.05) is 11.3 Å². The van der Waals surface area contributed by atoms with Gasteiger partial charge in [-0.25, -0.2) is 4.79 Å². The molecule has 0 aliphatic carbocycles. The number of benzene rings is 1. The van der Waals surface area contributed by atoms with Gasteiger partial charge in [0.1, 0.15) is 6.04 Å². The minimum Gasteiger partial charge on any atom is -0.480 e. The lowest BCUT2D eigenvalue weighted by Crippen LogP contribution is -2.41. The molecule has 1 aromatic rings. The molecule has 1 atom stereocenters. The molecule has 0 spiro atoms. The van der Waals surface area contributed by atoms with Crippen molar-refractivity contribution < 1.29 is 14.7 Å². The van der Waals surface area contributed by atoms with Gasteiger partial charge >= 0.3 is 5.97 Å². The van der Waals surface area contributed by atoms with Crippen molar-refractivity contribution in [2.75, 3.05) is 17.4 Å². The van der Waals surface area contributed by atoms with Crippen molar-refractivity contribution in [2.45, 2.75) is 6.04 Å². The summed E-state index contributed by atoms with van der Waals surface area (Å²) in [5.74, 6) is -0.736. The number of thioether (sulfide) groups is 1. The molecule has 1 aliphatic heterocycles. The summed E-state index contributed by atoms with van der Waals surface area (Å²) in [6.07, 6.45) is 0. The first-order valence-corrected chi connectivity index (χ1v) is 7.19. The Bertz CT molecular complexity index is 530. The molecule has 0 saturated carbocycles. The van der Waals surface area contributed by atoms with Crippen LogP contribution in [0.4, 0.5) is 5.69 Å². The van der Waals surface area contributed by atoms with E-state index in [1.165, 1.54) is 28.8 Å². The van der Waals surface area contributed by atoms with Crippen molar-refractivity contribution in [1.29, 1.82) is 0 Å². The summed E-state index contributed by atoms with van der Waals surface area (Å²) >= 11 is 13.1. The number of nitrogens with two attached hydrogens (primary N) is 1. The number of carbonyl (C=O) groups is 2. The molecule has 1 aliphatic rings. The highest BCUT2D eigenvalue weighted by molar-refractivity contribution is 7.99. The molecule has 1 aromatic carbocycles. The summed E-state index contributed by atoms with van der Waals surface area (Å²) < 4.78 is 0. The molecule has 0 radical (unpaired) electrons. The number of aliphatic carboxylic acids is 1. The first-order valence-electron chi connectivity index (χ1n) is 5.28. The van der Waals surface area contributed by atoms with Gasteiger partial charge in [0.15, 0.2) is 0 Å². The molecule has 1 amide bonds. The van der Waals surface area contributed by atoms with Gasteiger partial charge in [-0.1, -0.05) is 23.2 Å². The summed E-state index contributed by atoms with van der Waals surface area (Å²) in [5, 5.41) is 9.40. The fourth-order valence-corrected chi connectivity index (χ4v) is 3.35. The third-order valence-corrected chi connectivity index (χ3v) is 4.39. The second-order valence-corrected chi connectivity index (χ2v) is 5.80. The number of carboxylic acid groups (broad SMARTS) is 1. The average molecular weight is 321 g/mol. The van der Waals surface area contributed by atoms with Gasteiger partial charge in [0.05, 0.1) is 21.6 Å². The van der Waals surface area contributed by atoms with Crippen LogP contribution in [-0.2, 0) is 4.79 Å². The van der Waals surface area contributed by atoms with E-state index in [4.69, 9.17) is 34.0 Å². The molecule has 0 bridgehead atoms. The van der Waals surface area contributed by atoms with E-state index in [9.17, 15) is 9.59 Å². The van der Waals surface area contributed by atoms with E-state index in [0.29, 0.717) is 11.6 Å². The van der Waals surface area contributed by atoms with Crippen LogP contribution >= 0.6 is 35.0 Å². The molecule has 1 fully saturated rings. The number of amides is 1. The molecule has 1 heterocycles. The second-order valence-electron chi connectivity index (χ2n) is 3.98. The van der Waals surface area contributed by atoms with Crippen LogP contribution in [0, 0.1) is 0 Å². The number of nitrogens with zero attached hydrogens (tertiary/aromatic N) is 1. The van der Waals surface area contributed by atoms with Crippen molar-refractivity contribution in [3.05, 3.63) is 27.7 Å². The van der Waals surface area contributed by atoms with E-state index in [2.05, 4.69) is 0 Å². The second kappa shape index (κ2) is 5.48. The standard InChI is InChI=1S/C11H10Cl2N2O3S/c12-6-1-5(2-7(13)9(6)14)10(16)15-4-19-3-8(15)11(17)18/h1-2,8H,3-4,14H2,(H,17,18)/t8-/m0/s1. The largest absolute Gasteiger partial charge is 0.480 e. The Morgan fingerprint density at radius 3 is 2.47 bits per heavy atom. The highest BCUT2D eigenvalue weighted by atomic mass is 35.5. The van der Waals surface area contributed by atoms with Gasteiger partial charge in [-0.2, -0.15) is 0 Å². The molecule has 1 saturated heterocycles. The van der Waals surface area contributed by atoms with Crippen LogP contribution in [0.25, 0.3) is 0 Å². The van der Waals surface area contributed by atoms with Crippen LogP contribution in [0.5, 0.6) is 0 Å². The van der Waals surface area contributed by atoms with Crippen molar-refractivity contribution in [3.63, 3.8) is 0 Å². The Morgan fingerprint density at radius 2 is 1.95 bits per heavy atom. The molecule has 19 heavy (non-hydrogen) atoms. The Labute approximate surface area is 123 Å². The summed E-state index contributed by atoms with van der Waals surface area (Å²) in [4.78, 5) is 24.6. The van der Waals surface area contributed by atoms with Crippen LogP contribution in [0.2, 0.25) is 10.0 Å². The molecule has 0 aromatic heterocycles. The van der Waals surface area contributed by atoms with Gasteiger partial charge < -0.3 is 15.7 Å². The third kappa shape index (κ3) is 2.75. The van der Waals surface area contributed by atoms with E-state index >= 15 is 0 Å². The number of hydrogen-bond donors (Lipinski definition) is 2. The average Bonchev–Trinajstić information content (AvgIpc) is 2.83. The van der Waals surface area contributed by atoms with Crippen molar-refractivity contribution in [2.24, 2.45) is 0 Å². The van der Waals surface area contributed by atoms with Gasteiger partial charge in [0.2, 0.25) is 0 Å². The Kier molecular flexibility index (Phi) is 4.13. The maximum Gasteiger partial charge on any atom is 0.327 e. The number of anilines is 1. The predicted octanol–water partition coefficient (Wildman–Crippen LogP) is 2.18. The van der Waals surface area contributed by atoms with Gasteiger partial charge in [-0.15, -0.1) is 11.8 Å². The highest BCUT2D eigenvalue weighted by Crippen LogP contribution is 2.31. The monoisotopic (exact) mass is 320 g/mol. The fraction of sp³-hybridized carbons (Fsp3) is 0.273. The minimum absolute atomic E-state index is 0.176. The zero-order valence-electron chi connectivity index (χ0n) is 9.60. The predicted molar refractivity (Wildman–Crippen MR) is 75.8 cm³/mol. The van der Waals surface area contributed by atoms with Crippen molar-refractivity contribution in [3.8, 4) is 0 Å². The van der Waals surface area contributed by atoms with Crippen LogP contribution in [0.15, 0.2) is 12.1 Å². The summed E-state index contributed by atoms with van der Waals surface area (Å²) in [6.45, 7) is 0. The van der Waals surface area contributed by atoms with E-state index in [1.807, 2.05) is 0 Å². The maximum atomic E-state index is 12.3. The number of hydrogen-bond acceptors (Lipinski definition) is 4. The van der Waals surface area contributed by atoms with E-state index in [1.54, 1.807) is 0 Å². The van der Waals surface area contributed by atoms with Gasteiger partial charge in [-0.05, 0) is 12.1 Å². The van der Waals surface area contributed by atoms with Gasteiger partial charge in [-0.3, -0.25) is 4.79 Å². The minimum atomic E-state index is -1.02. The van der Waals surface area contributed by atoms with Crippen LogP contribution in [0.1, 0.15) is 10.4 Å². The lowest BCUT2D eigenvalue weighted by molar-refractivity contribution is -0.140. The Morgan fingerprint density at radius 1 is 1.37 bits per heavy atom. The van der Waals surface area contributed by atoms with E-state index in [-0.39, 0.29) is 21.3 Å². The first-order chi connectivity index (χ1) is 8.91. The number of carboxylic acids is 1. The molecule has 0 unspecified atom stereocenters. The summed E-state index contributed by atoms with van der Waals surface area (Å²) in [5.41, 5.74) is 6.03. The summed E-state index contributed by atoms with van der Waals surface area (Å²) in [7, 11) is 0. The SMILES string of the molecule is Nc1c(Cl)cc(C(=O)N2CSC[C@H]2C(=O)O)cc1Cl. The molecular weight excluding hydrogens is 311 g/mol. The first kappa shape index (κ1) is 14.3. The molecule has 3 N–H and O–H groups in total. The number of nitrogen functional groups attached to an aromatic ring is 1. The van der Waals surface area contributed by atoms with E-state index < -0.39 is 17.9 Å². The van der Waals surface area contributed by atoms with Gasteiger partial charge in [0.25, 0.3) is 5.91 Å². The van der Waals surface area contributed by atoms with Crippen LogP contribution in [0.3, 0.4) is 0 Å². The Hall–Kier alpha value is -1.11. The smallest absolute Gasteiger partial charge is 0.327 e. The molecular formula is C11H10Cl2N2O3S. The molecule has 2 rings (SSSR count). The molecule has 8 heteroatoms. The van der Waals surface area contributed by atoms with Crippen molar-refractivity contribution in [1.82, 2.24) is 4.90 Å². The van der Waals surface area contributed by atoms with Crippen LogP contribution in [-0.4, -0.2) is 39.6 Å². The number of halogens is 2. The maximum absolute atomic E-state index is 12.3. The topological polar surface area (TPSA) is 83.6 Å². The molecule has 5 nitrogen and oxygen atoms in total. The lowest BCUT2D eigenvalue weighted by atomic mass is 10.1. The zero-order chi connectivity index (χ0) is 14.2. The van der Waals surface area contributed by atoms with Crippen LogP contribution < -0.4 is 5.73 Å². The highest BCUT2D eigenvalue weighted by Gasteiger charge is 2.35. The number of carbonyl (C=O) groups excluding carboxylic acids is 1. The Balaban J connectivity index is 2.32. The summed E-state index contributed by atoms with van der Waals surface area (Å²) in [6, 6.07) is 1.97. The molecule has 102 valence electrons. The zero-order valence-corrected chi connectivity index (χ0v) is 11.9. The van der Waals surface area contributed by atoms with Crippen molar-refractivity contribution >= 4 is 52.5 Å².